The molecule has 5 heteroatoms. The molecule has 0 saturated carbocycles. The minimum absolute atomic E-state index is 0.508. The molecule has 3 aromatic rings. The lowest BCUT2D eigenvalue weighted by atomic mass is 10.3. The number of ether oxygens (including phenoxy) is 1. The first-order chi connectivity index (χ1) is 8.36. The summed E-state index contributed by atoms with van der Waals surface area (Å²) in [6, 6.07) is 5.49. The second-order valence-corrected chi connectivity index (χ2v) is 3.48. The van der Waals surface area contributed by atoms with Gasteiger partial charge in [-0.05, 0) is 12.1 Å². The molecule has 0 aliphatic rings. The Kier molecular flexibility index (Phi) is 2.22. The number of aromatic nitrogens is 3. The van der Waals surface area contributed by atoms with Gasteiger partial charge in [0, 0.05) is 18.5 Å². The first-order valence-corrected chi connectivity index (χ1v) is 5.07. The topological polar surface area (TPSA) is 61.0 Å². The van der Waals surface area contributed by atoms with Crippen LogP contribution in [0.15, 0.2) is 41.3 Å². The zero-order valence-corrected chi connectivity index (χ0v) is 9.12. The van der Waals surface area contributed by atoms with Crippen LogP contribution in [0.1, 0.15) is 0 Å². The van der Waals surface area contributed by atoms with Crippen molar-refractivity contribution in [2.45, 2.75) is 0 Å². The van der Waals surface area contributed by atoms with Crippen LogP contribution in [-0.2, 0) is 0 Å². The van der Waals surface area contributed by atoms with Gasteiger partial charge in [-0.2, -0.15) is 0 Å². The summed E-state index contributed by atoms with van der Waals surface area (Å²) in [6.45, 7) is 0. The lowest BCUT2D eigenvalue weighted by molar-refractivity contribution is 0.415. The van der Waals surface area contributed by atoms with Gasteiger partial charge in [0.05, 0.1) is 12.7 Å². The molecule has 17 heavy (non-hydrogen) atoms. The molecule has 2 aromatic heterocycles. The molecule has 0 aliphatic carbocycles. The summed E-state index contributed by atoms with van der Waals surface area (Å²) in [5.74, 6) is 1.26. The lowest BCUT2D eigenvalue weighted by Gasteiger charge is -1.95. The van der Waals surface area contributed by atoms with Crippen LogP contribution in [0.25, 0.3) is 22.6 Å². The quantitative estimate of drug-likeness (QED) is 0.672. The second kappa shape index (κ2) is 3.86. The number of rotatable bonds is 2. The Balaban J connectivity index is 2.14. The molecule has 0 radical (unpaired) electrons. The van der Waals surface area contributed by atoms with Gasteiger partial charge >= 0.3 is 0 Å². The maximum atomic E-state index is 5.61. The minimum atomic E-state index is 0.508. The summed E-state index contributed by atoms with van der Waals surface area (Å²) >= 11 is 0. The zero-order valence-electron chi connectivity index (χ0n) is 9.12. The molecule has 84 valence electrons. The SMILES string of the molecule is COc1ccc2oc(-c3cncnc3)nc2c1. The smallest absolute Gasteiger partial charge is 0.230 e. The Hall–Kier alpha value is -2.43. The van der Waals surface area contributed by atoms with E-state index in [-0.39, 0.29) is 0 Å². The van der Waals surface area contributed by atoms with Crippen LogP contribution in [0, 0.1) is 0 Å². The number of nitrogens with zero attached hydrogens (tertiary/aromatic N) is 3. The third-order valence-electron chi connectivity index (χ3n) is 2.40. The average Bonchev–Trinajstić information content (AvgIpc) is 2.82. The Labute approximate surface area is 97.1 Å². The third kappa shape index (κ3) is 1.71. The van der Waals surface area contributed by atoms with Gasteiger partial charge in [0.1, 0.15) is 17.6 Å². The summed E-state index contributed by atoms with van der Waals surface area (Å²) in [7, 11) is 1.62. The minimum Gasteiger partial charge on any atom is -0.497 e. The zero-order chi connectivity index (χ0) is 11.7. The van der Waals surface area contributed by atoms with Crippen LogP contribution in [0.2, 0.25) is 0 Å². The van der Waals surface area contributed by atoms with Crippen molar-refractivity contribution in [3.05, 3.63) is 36.9 Å². The summed E-state index contributed by atoms with van der Waals surface area (Å²) in [5.41, 5.74) is 2.22. The molecule has 1 aromatic carbocycles. The Morgan fingerprint density at radius 1 is 1.18 bits per heavy atom. The molecule has 0 amide bonds. The van der Waals surface area contributed by atoms with E-state index in [1.54, 1.807) is 19.5 Å². The van der Waals surface area contributed by atoms with E-state index >= 15 is 0 Å². The Morgan fingerprint density at radius 3 is 2.76 bits per heavy atom. The number of fused-ring (bicyclic) bond motifs is 1. The largest absolute Gasteiger partial charge is 0.497 e. The van der Waals surface area contributed by atoms with Crippen LogP contribution in [0.4, 0.5) is 0 Å². The van der Waals surface area contributed by atoms with Gasteiger partial charge in [-0.25, -0.2) is 15.0 Å². The monoisotopic (exact) mass is 227 g/mol. The van der Waals surface area contributed by atoms with Crippen LogP contribution in [0.3, 0.4) is 0 Å². The molecule has 3 rings (SSSR count). The molecule has 0 bridgehead atoms. The van der Waals surface area contributed by atoms with Crippen LogP contribution in [-0.4, -0.2) is 22.1 Å². The third-order valence-corrected chi connectivity index (χ3v) is 2.40. The van der Waals surface area contributed by atoms with E-state index in [9.17, 15) is 0 Å². The van der Waals surface area contributed by atoms with Gasteiger partial charge in [-0.3, -0.25) is 0 Å². The first kappa shape index (κ1) is 9.77. The molecule has 2 heterocycles. The highest BCUT2D eigenvalue weighted by molar-refractivity contribution is 5.77. The van der Waals surface area contributed by atoms with Crippen LogP contribution >= 0.6 is 0 Å². The van der Waals surface area contributed by atoms with Crippen molar-refractivity contribution in [2.75, 3.05) is 7.11 Å². The molecule has 0 N–H and O–H groups in total. The van der Waals surface area contributed by atoms with E-state index in [1.165, 1.54) is 6.33 Å². The fourth-order valence-electron chi connectivity index (χ4n) is 1.57. The van der Waals surface area contributed by atoms with Crippen LogP contribution in [0.5, 0.6) is 5.75 Å². The van der Waals surface area contributed by atoms with E-state index in [4.69, 9.17) is 9.15 Å². The summed E-state index contributed by atoms with van der Waals surface area (Å²) in [4.78, 5) is 12.2. The molecular formula is C12H9N3O2. The molecular weight excluding hydrogens is 218 g/mol. The molecule has 0 saturated heterocycles. The molecule has 0 spiro atoms. The predicted molar refractivity (Wildman–Crippen MR) is 61.6 cm³/mol. The number of hydrogen-bond donors (Lipinski definition) is 0. The predicted octanol–water partition coefficient (Wildman–Crippen LogP) is 2.29. The summed E-state index contributed by atoms with van der Waals surface area (Å²) in [6.07, 6.45) is 4.79. The Morgan fingerprint density at radius 2 is 2.00 bits per heavy atom. The van der Waals surface area contributed by atoms with Gasteiger partial charge in [0.25, 0.3) is 0 Å². The highest BCUT2D eigenvalue weighted by Crippen LogP contribution is 2.25. The van der Waals surface area contributed by atoms with Crippen molar-refractivity contribution in [3.63, 3.8) is 0 Å². The highest BCUT2D eigenvalue weighted by atomic mass is 16.5. The normalized spacial score (nSPS) is 10.6. The van der Waals surface area contributed by atoms with E-state index in [0.29, 0.717) is 11.5 Å². The fraction of sp³-hybridized carbons (Fsp3) is 0.0833. The summed E-state index contributed by atoms with van der Waals surface area (Å²) < 4.78 is 10.7. The first-order valence-electron chi connectivity index (χ1n) is 5.07. The number of hydrogen-bond acceptors (Lipinski definition) is 5. The van der Waals surface area contributed by atoms with Gasteiger partial charge in [0.2, 0.25) is 5.89 Å². The highest BCUT2D eigenvalue weighted by Gasteiger charge is 2.09. The maximum absolute atomic E-state index is 5.61. The van der Waals surface area contributed by atoms with Crippen molar-refractivity contribution >= 4 is 11.1 Å². The van der Waals surface area contributed by atoms with Crippen molar-refractivity contribution < 1.29 is 9.15 Å². The molecule has 0 unspecified atom stereocenters. The number of benzene rings is 1. The van der Waals surface area contributed by atoms with E-state index < -0.39 is 0 Å². The molecule has 0 atom stereocenters. The number of methoxy groups -OCH3 is 1. The second-order valence-electron chi connectivity index (χ2n) is 3.48. The van der Waals surface area contributed by atoms with E-state index in [2.05, 4.69) is 15.0 Å². The van der Waals surface area contributed by atoms with Crippen molar-refractivity contribution in [3.8, 4) is 17.2 Å². The standard InChI is InChI=1S/C12H9N3O2/c1-16-9-2-3-11-10(4-9)15-12(17-11)8-5-13-7-14-6-8/h2-7H,1H3. The van der Waals surface area contributed by atoms with Gasteiger partial charge < -0.3 is 9.15 Å². The number of oxazole rings is 1. The maximum Gasteiger partial charge on any atom is 0.230 e. The van der Waals surface area contributed by atoms with E-state index in [1.807, 2.05) is 18.2 Å². The van der Waals surface area contributed by atoms with Crippen LogP contribution < -0.4 is 4.74 Å². The molecule has 0 fully saturated rings. The Bertz CT molecular complexity index is 649. The van der Waals surface area contributed by atoms with Crippen molar-refractivity contribution in [2.24, 2.45) is 0 Å². The van der Waals surface area contributed by atoms with Crippen molar-refractivity contribution in [1.82, 2.24) is 15.0 Å². The van der Waals surface area contributed by atoms with Crippen molar-refractivity contribution in [1.29, 1.82) is 0 Å². The molecule has 0 aliphatic heterocycles. The summed E-state index contributed by atoms with van der Waals surface area (Å²) in [5, 5.41) is 0. The van der Waals surface area contributed by atoms with Gasteiger partial charge in [0.15, 0.2) is 5.58 Å². The van der Waals surface area contributed by atoms with Gasteiger partial charge in [-0.1, -0.05) is 0 Å². The van der Waals surface area contributed by atoms with E-state index in [0.717, 1.165) is 16.8 Å². The van der Waals surface area contributed by atoms with Gasteiger partial charge in [-0.15, -0.1) is 0 Å². The average molecular weight is 227 g/mol. The fourth-order valence-corrected chi connectivity index (χ4v) is 1.57. The molecule has 5 nitrogen and oxygen atoms in total. The lowest BCUT2D eigenvalue weighted by Crippen LogP contribution is -1.82.